The molecule has 4 nitrogen and oxygen atoms in total. The maximum absolute atomic E-state index is 12.1. The number of nitrogens with zero attached hydrogens (tertiary/aromatic N) is 1. The molecular weight excluding hydrogens is 240 g/mol. The van der Waals surface area contributed by atoms with E-state index in [1.807, 2.05) is 43.3 Å². The molecule has 2 rings (SSSR count). The molecule has 19 heavy (non-hydrogen) atoms. The highest BCUT2D eigenvalue weighted by molar-refractivity contribution is 6.01. The van der Waals surface area contributed by atoms with Crippen LogP contribution in [-0.2, 0) is 11.2 Å². The van der Waals surface area contributed by atoms with Crippen LogP contribution in [0.25, 0.3) is 0 Å². The zero-order chi connectivity index (χ0) is 13.8. The quantitative estimate of drug-likeness (QED) is 0.882. The largest absolute Gasteiger partial charge is 0.355 e. The minimum Gasteiger partial charge on any atom is -0.355 e. The Labute approximate surface area is 113 Å². The molecule has 1 aromatic rings. The van der Waals surface area contributed by atoms with Gasteiger partial charge in [-0.2, -0.15) is 0 Å². The number of Topliss-reactive ketones (excluding diaryl/α,β-unsaturated/α-hetero) is 1. The van der Waals surface area contributed by atoms with Crippen LogP contribution in [0.15, 0.2) is 24.3 Å². The summed E-state index contributed by atoms with van der Waals surface area (Å²) in [5.41, 5.74) is 1.77. The smallest absolute Gasteiger partial charge is 0.223 e. The van der Waals surface area contributed by atoms with Crippen LogP contribution in [0.2, 0.25) is 0 Å². The monoisotopic (exact) mass is 260 g/mol. The summed E-state index contributed by atoms with van der Waals surface area (Å²) < 4.78 is 0. The molecule has 4 heteroatoms. The Morgan fingerprint density at radius 3 is 2.79 bits per heavy atom. The Bertz CT molecular complexity index is 483. The Morgan fingerprint density at radius 2 is 2.05 bits per heavy atom. The Morgan fingerprint density at radius 1 is 1.32 bits per heavy atom. The van der Waals surface area contributed by atoms with Gasteiger partial charge in [0.05, 0.1) is 0 Å². The second kappa shape index (κ2) is 5.97. The van der Waals surface area contributed by atoms with E-state index >= 15 is 0 Å². The van der Waals surface area contributed by atoms with Gasteiger partial charge in [0.25, 0.3) is 0 Å². The topological polar surface area (TPSA) is 49.4 Å². The van der Waals surface area contributed by atoms with Gasteiger partial charge in [0.2, 0.25) is 5.91 Å². The Balaban J connectivity index is 1.97. The van der Waals surface area contributed by atoms with Crippen LogP contribution in [0.5, 0.6) is 0 Å². The lowest BCUT2D eigenvalue weighted by molar-refractivity contribution is -0.125. The first-order valence-electron chi connectivity index (χ1n) is 6.61. The molecule has 0 fully saturated rings. The van der Waals surface area contributed by atoms with Crippen LogP contribution in [0, 0.1) is 5.92 Å². The predicted octanol–water partition coefficient (Wildman–Crippen LogP) is 1.11. The SMILES string of the molecule is CN(C)CCNC(=O)C1CC(=O)c2ccccc2C1. The van der Waals surface area contributed by atoms with Crippen LogP contribution in [0.1, 0.15) is 22.3 Å². The summed E-state index contributed by atoms with van der Waals surface area (Å²) in [5, 5.41) is 2.90. The highest BCUT2D eigenvalue weighted by atomic mass is 16.2. The van der Waals surface area contributed by atoms with Crippen molar-refractivity contribution in [1.29, 1.82) is 0 Å². The van der Waals surface area contributed by atoms with Crippen LogP contribution in [-0.4, -0.2) is 43.8 Å². The zero-order valence-electron chi connectivity index (χ0n) is 11.5. The molecule has 0 aromatic heterocycles. The first-order valence-corrected chi connectivity index (χ1v) is 6.61. The molecule has 0 saturated carbocycles. The zero-order valence-corrected chi connectivity index (χ0v) is 11.5. The summed E-state index contributed by atoms with van der Waals surface area (Å²) in [6, 6.07) is 7.57. The molecule has 0 saturated heterocycles. The fourth-order valence-corrected chi connectivity index (χ4v) is 2.37. The number of hydrogen-bond acceptors (Lipinski definition) is 3. The number of benzene rings is 1. The fraction of sp³-hybridized carbons (Fsp3) is 0.467. The molecule has 0 bridgehead atoms. The number of carbonyl (C=O) groups is 2. The van der Waals surface area contributed by atoms with E-state index in [1.54, 1.807) is 0 Å². The van der Waals surface area contributed by atoms with Gasteiger partial charge in [0.15, 0.2) is 5.78 Å². The number of ketones is 1. The third-order valence-corrected chi connectivity index (χ3v) is 3.44. The van der Waals surface area contributed by atoms with Gasteiger partial charge in [-0.1, -0.05) is 24.3 Å². The second-order valence-corrected chi connectivity index (χ2v) is 5.28. The van der Waals surface area contributed by atoms with E-state index in [2.05, 4.69) is 5.32 Å². The van der Waals surface area contributed by atoms with E-state index in [-0.39, 0.29) is 17.6 Å². The first-order chi connectivity index (χ1) is 9.08. The molecule has 0 spiro atoms. The van der Waals surface area contributed by atoms with Crippen molar-refractivity contribution in [2.24, 2.45) is 5.92 Å². The lowest BCUT2D eigenvalue weighted by Gasteiger charge is -2.23. The van der Waals surface area contributed by atoms with Gasteiger partial charge in [0, 0.05) is 31.0 Å². The lowest BCUT2D eigenvalue weighted by atomic mass is 9.82. The molecule has 0 heterocycles. The van der Waals surface area contributed by atoms with E-state index in [4.69, 9.17) is 0 Å². The second-order valence-electron chi connectivity index (χ2n) is 5.28. The number of fused-ring (bicyclic) bond motifs is 1. The highest BCUT2D eigenvalue weighted by Crippen LogP contribution is 2.25. The average molecular weight is 260 g/mol. The van der Waals surface area contributed by atoms with Crippen LogP contribution in [0.3, 0.4) is 0 Å². The van der Waals surface area contributed by atoms with Crippen molar-refractivity contribution < 1.29 is 9.59 Å². The molecule has 1 aliphatic rings. The average Bonchev–Trinajstić information content (AvgIpc) is 2.38. The molecule has 102 valence electrons. The molecular formula is C15H20N2O2. The fourth-order valence-electron chi connectivity index (χ4n) is 2.37. The third-order valence-electron chi connectivity index (χ3n) is 3.44. The summed E-state index contributed by atoms with van der Waals surface area (Å²) in [4.78, 5) is 26.1. The van der Waals surface area contributed by atoms with E-state index in [9.17, 15) is 9.59 Å². The van der Waals surface area contributed by atoms with Gasteiger partial charge < -0.3 is 10.2 Å². The van der Waals surface area contributed by atoms with Gasteiger partial charge >= 0.3 is 0 Å². The Kier molecular flexibility index (Phi) is 4.32. The maximum Gasteiger partial charge on any atom is 0.223 e. The van der Waals surface area contributed by atoms with Gasteiger partial charge in [-0.15, -0.1) is 0 Å². The minimum atomic E-state index is -0.218. The Hall–Kier alpha value is -1.68. The maximum atomic E-state index is 12.1. The number of amides is 1. The van der Waals surface area contributed by atoms with Gasteiger partial charge in [0.1, 0.15) is 0 Å². The summed E-state index contributed by atoms with van der Waals surface area (Å²) in [6.07, 6.45) is 0.987. The van der Waals surface area contributed by atoms with Crippen LogP contribution in [0.4, 0.5) is 0 Å². The summed E-state index contributed by atoms with van der Waals surface area (Å²) in [6.45, 7) is 1.43. The number of rotatable bonds is 4. The van der Waals surface area contributed by atoms with Crippen molar-refractivity contribution in [2.45, 2.75) is 12.8 Å². The number of hydrogen-bond donors (Lipinski definition) is 1. The van der Waals surface area contributed by atoms with Crippen LogP contribution >= 0.6 is 0 Å². The molecule has 0 aliphatic heterocycles. The van der Waals surface area contributed by atoms with Crippen molar-refractivity contribution in [2.75, 3.05) is 27.2 Å². The van der Waals surface area contributed by atoms with Crippen molar-refractivity contribution in [3.8, 4) is 0 Å². The summed E-state index contributed by atoms with van der Waals surface area (Å²) >= 11 is 0. The third kappa shape index (κ3) is 3.41. The minimum absolute atomic E-state index is 0.00953. The number of nitrogens with one attached hydrogen (secondary N) is 1. The van der Waals surface area contributed by atoms with Crippen molar-refractivity contribution in [3.05, 3.63) is 35.4 Å². The van der Waals surface area contributed by atoms with Crippen molar-refractivity contribution in [3.63, 3.8) is 0 Å². The highest BCUT2D eigenvalue weighted by Gasteiger charge is 2.29. The lowest BCUT2D eigenvalue weighted by Crippen LogP contribution is -2.38. The molecule has 1 amide bonds. The normalized spacial score (nSPS) is 18.3. The molecule has 1 aromatic carbocycles. The predicted molar refractivity (Wildman–Crippen MR) is 74.1 cm³/mol. The molecule has 1 N–H and O–H groups in total. The van der Waals surface area contributed by atoms with E-state index < -0.39 is 0 Å². The van der Waals surface area contributed by atoms with Gasteiger partial charge in [-0.05, 0) is 26.1 Å². The van der Waals surface area contributed by atoms with Gasteiger partial charge in [-0.3, -0.25) is 9.59 Å². The number of likely N-dealkylation sites (N-methyl/N-ethyl adjacent to an activating group) is 1. The molecule has 0 radical (unpaired) electrons. The summed E-state index contributed by atoms with van der Waals surface area (Å²) in [5.74, 6) is -0.149. The van der Waals surface area contributed by atoms with Crippen molar-refractivity contribution >= 4 is 11.7 Å². The van der Waals surface area contributed by atoms with Gasteiger partial charge in [-0.25, -0.2) is 0 Å². The van der Waals surface area contributed by atoms with E-state index in [0.29, 0.717) is 19.4 Å². The molecule has 1 unspecified atom stereocenters. The van der Waals surface area contributed by atoms with E-state index in [0.717, 1.165) is 17.7 Å². The van der Waals surface area contributed by atoms with Crippen LogP contribution < -0.4 is 5.32 Å². The summed E-state index contributed by atoms with van der Waals surface area (Å²) in [7, 11) is 3.93. The molecule has 1 atom stereocenters. The van der Waals surface area contributed by atoms with Crippen molar-refractivity contribution in [1.82, 2.24) is 10.2 Å². The van der Waals surface area contributed by atoms with E-state index in [1.165, 1.54) is 0 Å². The standard InChI is InChI=1S/C15H20N2O2/c1-17(2)8-7-16-15(19)12-9-11-5-3-4-6-13(11)14(18)10-12/h3-6,12H,7-10H2,1-2H3,(H,16,19). The first kappa shape index (κ1) is 13.7. The number of carbonyl (C=O) groups excluding carboxylic acids is 2. The molecule has 1 aliphatic carbocycles.